The molecule has 0 saturated heterocycles. The van der Waals surface area contributed by atoms with Crippen molar-refractivity contribution in [3.63, 3.8) is 0 Å². The number of carboxylic acid groups (broad SMARTS) is 1. The maximum atomic E-state index is 13.5. The summed E-state index contributed by atoms with van der Waals surface area (Å²) in [7, 11) is 8.42. The Hall–Kier alpha value is -17.5. The van der Waals surface area contributed by atoms with Gasteiger partial charge in [-0.25, -0.2) is 60.5 Å². The predicted octanol–water partition coefficient (Wildman–Crippen LogP) is 17.2. The monoisotopic (exact) mass is 1850 g/mol. The van der Waals surface area contributed by atoms with E-state index in [4.69, 9.17) is 63.0 Å². The number of aliphatic carboxylic acids is 1. The van der Waals surface area contributed by atoms with Crippen molar-refractivity contribution in [3.05, 3.63) is 308 Å². The average Bonchev–Trinajstić information content (AvgIpc) is 1.64. The number of ketones is 3. The van der Waals surface area contributed by atoms with Crippen LogP contribution in [0.1, 0.15) is 187 Å². The summed E-state index contributed by atoms with van der Waals surface area (Å²) in [6.07, 6.45) is 10.7. The molecule has 11 aromatic rings. The van der Waals surface area contributed by atoms with Crippen LogP contribution in [0, 0.1) is 162 Å². The number of nitrogen functional groups attached to an aromatic ring is 1. The minimum atomic E-state index is -1.61. The Morgan fingerprint density at radius 2 is 0.770 bits per heavy atom. The molecule has 0 aliphatic rings. The van der Waals surface area contributed by atoms with E-state index in [0.717, 1.165) is 52.0 Å². The second kappa shape index (κ2) is 48.8. The van der Waals surface area contributed by atoms with Crippen molar-refractivity contribution < 1.29 is 98.8 Å². The maximum Gasteiger partial charge on any atom is 0.381 e. The number of aromatic amines is 1. The number of rotatable bonds is 20. The van der Waals surface area contributed by atoms with E-state index >= 15 is 0 Å². The molecule has 0 aliphatic heterocycles. The van der Waals surface area contributed by atoms with Crippen molar-refractivity contribution in [1.82, 2.24) is 33.1 Å². The molecule has 11 rings (SSSR count). The average molecular weight is 1850 g/mol. The zero-order valence-corrected chi connectivity index (χ0v) is 77.3. The van der Waals surface area contributed by atoms with Gasteiger partial charge in [0, 0.05) is 116 Å². The molecule has 5 aromatic carbocycles. The Morgan fingerprint density at radius 3 is 1.07 bits per heavy atom. The van der Waals surface area contributed by atoms with Crippen LogP contribution in [-0.2, 0) is 63.8 Å². The molecule has 0 radical (unpaired) electrons. The summed E-state index contributed by atoms with van der Waals surface area (Å²) < 4.78 is 88.6. The van der Waals surface area contributed by atoms with Crippen molar-refractivity contribution in [1.29, 1.82) is 5.26 Å². The molecule has 0 spiro atoms. The fourth-order valence-electron chi connectivity index (χ4n) is 13.6. The van der Waals surface area contributed by atoms with Crippen molar-refractivity contribution in [2.75, 3.05) is 53.4 Å². The number of esters is 3. The van der Waals surface area contributed by atoms with Crippen LogP contribution < -0.4 is 32.3 Å². The smallest absolute Gasteiger partial charge is 0.381 e. The number of aryl methyl sites for hydroxylation is 6. The Morgan fingerprint density at radius 1 is 0.444 bits per heavy atom. The first kappa shape index (κ1) is 108. The third-order valence-corrected chi connectivity index (χ3v) is 20.5. The van der Waals surface area contributed by atoms with Gasteiger partial charge >= 0.3 is 23.9 Å². The molecule has 5 amide bonds. The number of benzene rings is 5. The summed E-state index contributed by atoms with van der Waals surface area (Å²) in [5.74, 6) is -9.62. The molecule has 0 atom stereocenters. The van der Waals surface area contributed by atoms with Gasteiger partial charge < -0.3 is 79.5 Å². The highest BCUT2D eigenvalue weighted by atomic mass is 19.1. The number of halogens is 5. The van der Waals surface area contributed by atoms with Crippen LogP contribution in [0.5, 0.6) is 0 Å². The quantitative estimate of drug-likeness (QED) is 0.00513. The first-order chi connectivity index (χ1) is 63.5. The summed E-state index contributed by atoms with van der Waals surface area (Å²) >= 11 is 0. The minimum Gasteiger partial charge on any atom is -0.475 e. The number of nitrogens with one attached hydrogen (secondary N) is 6. The molecule has 0 aliphatic carbocycles. The van der Waals surface area contributed by atoms with Gasteiger partial charge in [0.1, 0.15) is 46.5 Å². The Bertz CT molecular complexity index is 6770. The summed E-state index contributed by atoms with van der Waals surface area (Å²) in [4.78, 5) is 159. The molecule has 0 bridgehead atoms. The van der Waals surface area contributed by atoms with Gasteiger partial charge in [0.15, 0.2) is 0 Å². The van der Waals surface area contributed by atoms with Crippen LogP contribution in [0.2, 0.25) is 0 Å². The number of hydrogen-bond acceptors (Lipinski definition) is 17. The minimum absolute atomic E-state index is 0.0139. The van der Waals surface area contributed by atoms with Gasteiger partial charge in [0.05, 0.1) is 97.3 Å². The van der Waals surface area contributed by atoms with Crippen LogP contribution in [0.3, 0.4) is 0 Å². The van der Waals surface area contributed by atoms with Crippen LogP contribution in [0.4, 0.5) is 73.1 Å². The van der Waals surface area contributed by atoms with Gasteiger partial charge in [-0.15, -0.1) is 6.42 Å². The third-order valence-electron chi connectivity index (χ3n) is 20.5. The number of Topliss-reactive ketones (excluding diaryl/α,β-unsaturated/α-hetero) is 3. The zero-order valence-electron chi connectivity index (χ0n) is 77.3. The molecule has 6 heterocycles. The standard InChI is InChI=1S/C20H17FN4O3.C19H18FN3O4.C17H14FN3O4.C15H14FN3O.C10H15NO2.C9H13NO2.C7H5FN2/c1-6-9-23-20(28)18(26)17-11(2)16(12(3)25(17)5)19(27)24-13-7-8-14(21)15(10-13)22-4;1-6-27-19(26)17(24)16-10(2)15(11(3)23(16)5)18(25)22-12-7-8-13(20)14(9-12)21-4;1-8-13(9(2)21(4)14(8)15(22)17(24)25)16(23)20-10-5-6-11(18)12(7-10)19-3;1-9-8-19(4)10(2)14(9)15(20)18-11-5-6-12(16)13(7-11)17-3;1-5-13-10(12)9-7(2)6-11(4)8(9)3;1-4-12-9(11)8-6(2)5-10-7(8)3;8-7-2-1-6(10)3-5(7)4-9/h1,7-8,10H,9H2,2-3,5H3,(H,23,28)(H,24,27);7-9H,6H2,1-3,5H3,(H,22,25);5-7H,1-2,4H3,(H,20,23)(H,24,25);5-8H,1-2,4H3,(H,18,20);6H,5H2,1-4H3;5,10H,4H2,1-3H3;1-3H,10H2. The van der Waals surface area contributed by atoms with E-state index in [-0.39, 0.29) is 116 Å². The number of carbonyl (C=O) groups excluding carboxylic acids is 11. The number of aromatic nitrogens is 6. The molecule has 9 N–H and O–H groups in total. The van der Waals surface area contributed by atoms with E-state index in [1.807, 2.05) is 90.3 Å². The summed E-state index contributed by atoms with van der Waals surface area (Å²) in [5, 5.41) is 29.9. The van der Waals surface area contributed by atoms with Gasteiger partial charge in [-0.3, -0.25) is 38.4 Å². The van der Waals surface area contributed by atoms with Crippen molar-refractivity contribution in [2.45, 2.75) is 104 Å². The highest BCUT2D eigenvalue weighted by molar-refractivity contribution is 6.43. The molecule has 33 nitrogen and oxygen atoms in total. The van der Waals surface area contributed by atoms with Crippen molar-refractivity contribution >= 4 is 122 Å². The van der Waals surface area contributed by atoms with E-state index in [9.17, 15) is 79.5 Å². The molecule has 38 heteroatoms. The Kier molecular flexibility index (Phi) is 39.0. The van der Waals surface area contributed by atoms with E-state index in [2.05, 4.69) is 56.9 Å². The number of carboxylic acids is 1. The third kappa shape index (κ3) is 26.6. The normalized spacial score (nSPS) is 10.0. The number of ether oxygens (including phenoxy) is 3. The van der Waals surface area contributed by atoms with Crippen molar-refractivity contribution in [3.8, 4) is 18.4 Å². The van der Waals surface area contributed by atoms with E-state index in [0.29, 0.717) is 69.5 Å². The second-order valence-corrected chi connectivity index (χ2v) is 29.3. The summed E-state index contributed by atoms with van der Waals surface area (Å²) in [6, 6.07) is 20.3. The molecule has 0 fully saturated rings. The Labute approximate surface area is 774 Å². The lowest BCUT2D eigenvalue weighted by Crippen LogP contribution is -2.32. The van der Waals surface area contributed by atoms with E-state index in [1.165, 1.54) is 100 Å². The first-order valence-corrected chi connectivity index (χ1v) is 40.4. The SMILES string of the molecule is CCOC(=O)c1c(C)c[nH]c1C.CCOC(=O)c1c(C)cn(C)c1C.N#Cc1cc(N)ccc1F.[C-]#[N+]c1cc(NC(=O)c2c(C)c(C(=O)C(=O)NCC#C)n(C)c2C)ccc1F.[C-]#[N+]c1cc(NC(=O)c2c(C)c(C(=O)C(=O)O)n(C)c2C)ccc1F.[C-]#[N+]c1cc(NC(=O)c2c(C)c(C(=O)C(=O)OCC)n(C)c2C)ccc1F.[C-]#[N+]c1cc(NC(=O)c2c(C)cn(C)c2C)ccc1F. The van der Waals surface area contributed by atoms with Crippen LogP contribution in [0.25, 0.3) is 19.4 Å². The van der Waals surface area contributed by atoms with Gasteiger partial charge in [-0.2, -0.15) is 5.26 Å². The molecule has 0 unspecified atom stereocenters. The van der Waals surface area contributed by atoms with E-state index < -0.39 is 82.0 Å². The number of nitrogens with zero attached hydrogens (tertiary/aromatic N) is 10. The van der Waals surface area contributed by atoms with Gasteiger partial charge in [-0.05, 0) is 228 Å². The first-order valence-electron chi connectivity index (χ1n) is 40.4. The number of hydrogen-bond donors (Lipinski definition) is 8. The van der Waals surface area contributed by atoms with Gasteiger partial charge in [-0.1, -0.05) is 5.92 Å². The number of anilines is 5. The van der Waals surface area contributed by atoms with Gasteiger partial charge in [0.25, 0.3) is 46.9 Å². The van der Waals surface area contributed by atoms with E-state index in [1.54, 1.807) is 68.6 Å². The lowest BCUT2D eigenvalue weighted by Gasteiger charge is -2.07. The fourth-order valence-corrected chi connectivity index (χ4v) is 13.6. The van der Waals surface area contributed by atoms with Crippen LogP contribution in [0.15, 0.2) is 110 Å². The highest BCUT2D eigenvalue weighted by Crippen LogP contribution is 2.32. The molecular weight excluding hydrogens is 1750 g/mol. The maximum absolute atomic E-state index is 13.5. The number of nitrogens with two attached hydrogens (primary N) is 1. The highest BCUT2D eigenvalue weighted by Gasteiger charge is 2.33. The lowest BCUT2D eigenvalue weighted by molar-refractivity contribution is -0.137. The zero-order chi connectivity index (χ0) is 102. The number of carbonyl (C=O) groups is 12. The molecule has 700 valence electrons. The predicted molar refractivity (Wildman–Crippen MR) is 494 cm³/mol. The van der Waals surface area contributed by atoms with Gasteiger partial charge in [0.2, 0.25) is 22.7 Å². The van der Waals surface area contributed by atoms with Crippen LogP contribution >= 0.6 is 0 Å². The molecular formula is C97H96F5N17O16. The number of amides is 5. The molecule has 6 aromatic heterocycles. The Balaban J connectivity index is 0.000000286. The fraction of sp³-hybridized carbons (Fsp3) is 0.247. The van der Waals surface area contributed by atoms with Crippen molar-refractivity contribution in [2.24, 2.45) is 35.2 Å². The summed E-state index contributed by atoms with van der Waals surface area (Å²) in [6.45, 7) is 54.4. The number of terminal acetylenes is 1. The lowest BCUT2D eigenvalue weighted by atomic mass is 10.1. The summed E-state index contributed by atoms with van der Waals surface area (Å²) in [5.41, 5.74) is 16.3. The number of nitriles is 1. The van der Waals surface area contributed by atoms with Crippen LogP contribution in [-0.4, -0.2) is 130 Å². The number of H-pyrrole nitrogens is 1. The molecule has 0 saturated carbocycles. The molecule has 135 heavy (non-hydrogen) atoms. The topological polar surface area (TPSA) is 421 Å². The largest absolute Gasteiger partial charge is 0.475 e. The second-order valence-electron chi connectivity index (χ2n) is 29.3.